The molecule has 2 aliphatic rings. The number of piperidine rings is 1. The molecular weight excluding hydrogens is 482 g/mol. The van der Waals surface area contributed by atoms with Crippen LogP contribution in [0.4, 0.5) is 11.4 Å². The predicted octanol–water partition coefficient (Wildman–Crippen LogP) is 6.05. The van der Waals surface area contributed by atoms with Crippen molar-refractivity contribution in [2.24, 2.45) is 0 Å². The van der Waals surface area contributed by atoms with Gasteiger partial charge in [0.05, 0.1) is 16.6 Å². The molecule has 0 spiro atoms. The fraction of sp³-hybridized carbons (Fsp3) is 0.267. The lowest BCUT2D eigenvalue weighted by atomic mass is 9.94. The number of fused-ring (bicyclic) bond motifs is 2. The van der Waals surface area contributed by atoms with Crippen molar-refractivity contribution < 1.29 is 4.79 Å². The van der Waals surface area contributed by atoms with Crippen molar-refractivity contribution in [3.8, 4) is 0 Å². The largest absolute Gasteiger partial charge is 0.371 e. The quantitative estimate of drug-likeness (QED) is 0.320. The Morgan fingerprint density at radius 2 is 1.89 bits per heavy atom. The second-order valence-corrected chi connectivity index (χ2v) is 10.3. The number of para-hydroxylation sites is 2. The average Bonchev–Trinajstić information content (AvgIpc) is 3.49. The standard InChI is InChI=1S/C30H30ClN5O/c1-3-36-15-13-21(14-16-36)35(2)22-11-12-24-23(18-22)28(30(37)34-24)27(19-7-6-8-20(31)17-19)29-32-25-9-4-5-10-26(25)33-29/h4-12,17-18,21H,3,13-16H2,1-2H3,(H,32,33)(H,34,37)/b28-27-. The SMILES string of the molecule is CCN1CCC(N(C)c2ccc3c(c2)/C(=C(\c2cccc(Cl)c2)c2nc4ccccc4[nH]2)C(=O)N3)CC1. The molecule has 7 heteroatoms. The van der Waals surface area contributed by atoms with Crippen molar-refractivity contribution in [3.63, 3.8) is 0 Å². The summed E-state index contributed by atoms with van der Waals surface area (Å²) in [5.74, 6) is 0.508. The van der Waals surface area contributed by atoms with Gasteiger partial charge in [0.2, 0.25) is 0 Å². The van der Waals surface area contributed by atoms with Gasteiger partial charge in [0, 0.05) is 53.7 Å². The third-order valence-electron chi connectivity index (χ3n) is 7.70. The maximum Gasteiger partial charge on any atom is 0.257 e. The molecule has 0 radical (unpaired) electrons. The molecule has 37 heavy (non-hydrogen) atoms. The molecule has 1 amide bonds. The topological polar surface area (TPSA) is 64.3 Å². The molecule has 4 aromatic rings. The number of likely N-dealkylation sites (tertiary alicyclic amines) is 1. The second kappa shape index (κ2) is 9.69. The van der Waals surface area contributed by atoms with E-state index in [1.807, 2.05) is 54.6 Å². The van der Waals surface area contributed by atoms with E-state index < -0.39 is 0 Å². The van der Waals surface area contributed by atoms with Crippen LogP contribution in [0.3, 0.4) is 0 Å². The zero-order valence-electron chi connectivity index (χ0n) is 21.1. The number of carbonyl (C=O) groups is 1. The van der Waals surface area contributed by atoms with Crippen LogP contribution in [0.5, 0.6) is 0 Å². The van der Waals surface area contributed by atoms with Gasteiger partial charge in [-0.05, 0) is 67.4 Å². The van der Waals surface area contributed by atoms with Crippen LogP contribution in [0.1, 0.15) is 36.7 Å². The fourth-order valence-corrected chi connectivity index (χ4v) is 5.76. The molecule has 3 aromatic carbocycles. The van der Waals surface area contributed by atoms with Gasteiger partial charge in [-0.25, -0.2) is 4.98 Å². The van der Waals surface area contributed by atoms with Crippen LogP contribution in [-0.4, -0.2) is 53.5 Å². The molecule has 1 aromatic heterocycles. The summed E-state index contributed by atoms with van der Waals surface area (Å²) in [6, 6.07) is 22.2. The summed E-state index contributed by atoms with van der Waals surface area (Å²) in [4.78, 5) is 26.7. The van der Waals surface area contributed by atoms with Crippen LogP contribution in [-0.2, 0) is 4.79 Å². The number of H-pyrrole nitrogens is 1. The lowest BCUT2D eigenvalue weighted by Gasteiger charge is -2.37. The number of nitrogens with one attached hydrogen (secondary N) is 2. The van der Waals surface area contributed by atoms with Crippen molar-refractivity contribution >= 4 is 51.1 Å². The molecule has 0 bridgehead atoms. The minimum Gasteiger partial charge on any atom is -0.371 e. The van der Waals surface area contributed by atoms with Gasteiger partial charge in [-0.2, -0.15) is 0 Å². The van der Waals surface area contributed by atoms with E-state index in [0.29, 0.717) is 22.5 Å². The third-order valence-corrected chi connectivity index (χ3v) is 7.93. The van der Waals surface area contributed by atoms with Crippen LogP contribution in [0, 0.1) is 0 Å². The van der Waals surface area contributed by atoms with Gasteiger partial charge in [-0.1, -0.05) is 42.8 Å². The number of halogens is 1. The number of aromatic nitrogens is 2. The Morgan fingerprint density at radius 3 is 2.65 bits per heavy atom. The van der Waals surface area contributed by atoms with Gasteiger partial charge in [0.15, 0.2) is 0 Å². The van der Waals surface area contributed by atoms with Gasteiger partial charge in [0.1, 0.15) is 5.82 Å². The van der Waals surface area contributed by atoms with Crippen molar-refractivity contribution in [2.75, 3.05) is 36.9 Å². The lowest BCUT2D eigenvalue weighted by Crippen LogP contribution is -2.43. The molecule has 6 nitrogen and oxygen atoms in total. The van der Waals surface area contributed by atoms with E-state index in [2.05, 4.69) is 46.2 Å². The van der Waals surface area contributed by atoms with E-state index in [1.54, 1.807) is 0 Å². The first kappa shape index (κ1) is 23.8. The number of hydrogen-bond donors (Lipinski definition) is 2. The summed E-state index contributed by atoms with van der Waals surface area (Å²) in [5, 5.41) is 3.69. The van der Waals surface area contributed by atoms with E-state index in [0.717, 1.165) is 71.6 Å². The highest BCUT2D eigenvalue weighted by Gasteiger charge is 2.31. The molecule has 1 fully saturated rings. The number of imidazole rings is 1. The predicted molar refractivity (Wildman–Crippen MR) is 152 cm³/mol. The van der Waals surface area contributed by atoms with Gasteiger partial charge in [0.25, 0.3) is 5.91 Å². The highest BCUT2D eigenvalue weighted by atomic mass is 35.5. The first-order chi connectivity index (χ1) is 18.0. The number of rotatable bonds is 5. The van der Waals surface area contributed by atoms with Crippen molar-refractivity contribution in [3.05, 3.63) is 88.7 Å². The van der Waals surface area contributed by atoms with Crippen molar-refractivity contribution in [1.29, 1.82) is 0 Å². The summed E-state index contributed by atoms with van der Waals surface area (Å²) < 4.78 is 0. The molecule has 3 heterocycles. The highest BCUT2D eigenvalue weighted by molar-refractivity contribution is 6.38. The zero-order valence-corrected chi connectivity index (χ0v) is 21.8. The number of benzene rings is 3. The molecule has 0 atom stereocenters. The normalized spacial score (nSPS) is 17.6. The first-order valence-corrected chi connectivity index (χ1v) is 13.3. The number of nitrogens with zero attached hydrogens (tertiary/aromatic N) is 3. The zero-order chi connectivity index (χ0) is 25.5. The lowest BCUT2D eigenvalue weighted by molar-refractivity contribution is -0.110. The third kappa shape index (κ3) is 4.41. The van der Waals surface area contributed by atoms with Crippen molar-refractivity contribution in [1.82, 2.24) is 14.9 Å². The molecule has 188 valence electrons. The number of aromatic amines is 1. The van der Waals surface area contributed by atoms with E-state index >= 15 is 0 Å². The maximum atomic E-state index is 13.5. The minimum absolute atomic E-state index is 0.138. The smallest absolute Gasteiger partial charge is 0.257 e. The van der Waals surface area contributed by atoms with Gasteiger partial charge in [-0.15, -0.1) is 0 Å². The number of carbonyl (C=O) groups excluding carboxylic acids is 1. The summed E-state index contributed by atoms with van der Waals surface area (Å²) in [5.41, 5.74) is 6.77. The molecule has 2 N–H and O–H groups in total. The Morgan fingerprint density at radius 1 is 1.08 bits per heavy atom. The molecule has 0 unspecified atom stereocenters. The number of amides is 1. The summed E-state index contributed by atoms with van der Waals surface area (Å²) in [6.07, 6.45) is 2.27. The Bertz CT molecular complexity index is 1480. The van der Waals surface area contributed by atoms with Gasteiger partial charge < -0.3 is 20.1 Å². The fourth-order valence-electron chi connectivity index (χ4n) is 5.57. The first-order valence-electron chi connectivity index (χ1n) is 12.9. The van der Waals surface area contributed by atoms with E-state index in [1.165, 1.54) is 0 Å². The molecule has 1 saturated heterocycles. The van der Waals surface area contributed by atoms with Crippen LogP contribution in [0.25, 0.3) is 22.2 Å². The molecular formula is C30H30ClN5O. The van der Waals surface area contributed by atoms with Crippen molar-refractivity contribution in [2.45, 2.75) is 25.8 Å². The van der Waals surface area contributed by atoms with Crippen LogP contribution in [0.15, 0.2) is 66.7 Å². The number of hydrogen-bond acceptors (Lipinski definition) is 4. The second-order valence-electron chi connectivity index (χ2n) is 9.82. The Hall–Kier alpha value is -3.61. The molecule has 0 saturated carbocycles. The highest BCUT2D eigenvalue weighted by Crippen LogP contribution is 2.42. The Kier molecular flexibility index (Phi) is 6.22. The number of anilines is 2. The Balaban J connectivity index is 1.48. The molecule has 6 rings (SSSR count). The minimum atomic E-state index is -0.138. The maximum absolute atomic E-state index is 13.5. The molecule has 2 aliphatic heterocycles. The average molecular weight is 512 g/mol. The summed E-state index contributed by atoms with van der Waals surface area (Å²) in [7, 11) is 2.17. The van der Waals surface area contributed by atoms with E-state index in [4.69, 9.17) is 16.6 Å². The van der Waals surface area contributed by atoms with Crippen LogP contribution < -0.4 is 10.2 Å². The van der Waals surface area contributed by atoms with E-state index in [-0.39, 0.29) is 5.91 Å². The van der Waals surface area contributed by atoms with Crippen LogP contribution >= 0.6 is 11.6 Å². The monoisotopic (exact) mass is 511 g/mol. The summed E-state index contributed by atoms with van der Waals surface area (Å²) in [6.45, 7) is 5.56. The Labute approximate surface area is 222 Å². The van der Waals surface area contributed by atoms with E-state index in [9.17, 15) is 4.79 Å². The van der Waals surface area contributed by atoms with Gasteiger partial charge in [-0.3, -0.25) is 4.79 Å². The van der Waals surface area contributed by atoms with Crippen LogP contribution in [0.2, 0.25) is 5.02 Å². The molecule has 0 aliphatic carbocycles. The summed E-state index contributed by atoms with van der Waals surface area (Å²) >= 11 is 6.41. The van der Waals surface area contributed by atoms with Gasteiger partial charge >= 0.3 is 0 Å².